The van der Waals surface area contributed by atoms with Crippen molar-refractivity contribution in [1.29, 1.82) is 0 Å². The minimum atomic E-state index is -4.65. The molecule has 0 spiro atoms. The van der Waals surface area contributed by atoms with E-state index in [9.17, 15) is 27.5 Å². The van der Waals surface area contributed by atoms with E-state index in [0.717, 1.165) is 12.1 Å². The zero-order valence-electron chi connectivity index (χ0n) is 18.0. The van der Waals surface area contributed by atoms with Crippen LogP contribution in [-0.2, 0) is 16.4 Å². The van der Waals surface area contributed by atoms with Crippen molar-refractivity contribution >= 4 is 11.6 Å². The molecule has 1 saturated carbocycles. The minimum absolute atomic E-state index is 0.172. The van der Waals surface area contributed by atoms with Crippen LogP contribution in [0.4, 0.5) is 23.2 Å². The number of rotatable bonds is 5. The Hall–Kier alpha value is -3.63. The average molecular weight is 467 g/mol. The van der Waals surface area contributed by atoms with E-state index in [0.29, 0.717) is 30.2 Å². The lowest BCUT2D eigenvalue weighted by Crippen LogP contribution is -2.44. The highest BCUT2D eigenvalue weighted by atomic mass is 19.4. The van der Waals surface area contributed by atoms with E-state index in [-0.39, 0.29) is 12.0 Å². The Morgan fingerprint density at radius 2 is 1.59 bits per heavy atom. The summed E-state index contributed by atoms with van der Waals surface area (Å²) in [6.45, 7) is 0. The number of carbonyl (C=O) groups is 1. The van der Waals surface area contributed by atoms with E-state index < -0.39 is 34.5 Å². The zero-order valence-corrected chi connectivity index (χ0v) is 18.0. The number of hydrogen-bond acceptors (Lipinski definition) is 2. The Morgan fingerprint density at radius 1 is 0.971 bits per heavy atom. The van der Waals surface area contributed by atoms with Crippen molar-refractivity contribution in [3.8, 4) is 11.8 Å². The number of amides is 1. The molecule has 3 aromatic carbocycles. The lowest BCUT2D eigenvalue weighted by atomic mass is 9.81. The smallest absolute Gasteiger partial charge is 0.369 e. The molecule has 3 nitrogen and oxygen atoms in total. The molecule has 3 aromatic rings. The number of halogens is 4. The van der Waals surface area contributed by atoms with Gasteiger partial charge in [0.2, 0.25) is 5.60 Å². The van der Waals surface area contributed by atoms with Crippen LogP contribution in [0, 0.1) is 17.7 Å². The highest BCUT2D eigenvalue weighted by Gasteiger charge is 2.53. The fraction of sp³-hybridized carbons (Fsp3) is 0.222. The number of carbonyl (C=O) groups excluding carboxylic acids is 1. The summed E-state index contributed by atoms with van der Waals surface area (Å²) >= 11 is 0. The molecule has 0 aliphatic heterocycles. The Balaban J connectivity index is 1.71. The maximum absolute atomic E-state index is 14.7. The van der Waals surface area contributed by atoms with Crippen molar-refractivity contribution in [3.05, 3.63) is 101 Å². The van der Waals surface area contributed by atoms with Crippen LogP contribution < -0.4 is 5.32 Å². The van der Waals surface area contributed by atoms with E-state index in [1.807, 2.05) is 0 Å². The van der Waals surface area contributed by atoms with Crippen LogP contribution in [-0.4, -0.2) is 16.6 Å². The van der Waals surface area contributed by atoms with Gasteiger partial charge in [0.05, 0.1) is 5.56 Å². The van der Waals surface area contributed by atoms with Gasteiger partial charge in [0.1, 0.15) is 5.82 Å². The maximum atomic E-state index is 14.7. The van der Waals surface area contributed by atoms with Crippen LogP contribution in [0.15, 0.2) is 78.9 Å². The summed E-state index contributed by atoms with van der Waals surface area (Å²) < 4.78 is 54.5. The van der Waals surface area contributed by atoms with Crippen LogP contribution in [0.5, 0.6) is 0 Å². The fourth-order valence-corrected chi connectivity index (χ4v) is 3.92. The SMILES string of the molecule is O=C(Nc1ccccc1)C(O)(C#Cc1ccccc1)CC1(c2cc(C(F)(F)F)ccc2F)CC1. The van der Waals surface area contributed by atoms with Gasteiger partial charge in [-0.3, -0.25) is 4.79 Å². The second-order valence-corrected chi connectivity index (χ2v) is 8.45. The van der Waals surface area contributed by atoms with Gasteiger partial charge in [0, 0.05) is 23.1 Å². The normalized spacial score (nSPS) is 16.0. The molecule has 4 rings (SSSR count). The Labute approximate surface area is 194 Å². The molecule has 7 heteroatoms. The number of nitrogens with one attached hydrogen (secondary N) is 1. The van der Waals surface area contributed by atoms with Crippen molar-refractivity contribution in [3.63, 3.8) is 0 Å². The van der Waals surface area contributed by atoms with Gasteiger partial charge in [-0.05, 0) is 60.9 Å². The second-order valence-electron chi connectivity index (χ2n) is 8.45. The molecule has 0 aromatic heterocycles. The topological polar surface area (TPSA) is 49.3 Å². The first-order valence-electron chi connectivity index (χ1n) is 10.7. The van der Waals surface area contributed by atoms with E-state index in [4.69, 9.17) is 0 Å². The molecule has 174 valence electrons. The third-order valence-electron chi connectivity index (χ3n) is 5.91. The third kappa shape index (κ3) is 5.13. The van der Waals surface area contributed by atoms with Gasteiger partial charge in [-0.1, -0.05) is 48.2 Å². The van der Waals surface area contributed by atoms with Gasteiger partial charge in [-0.25, -0.2) is 4.39 Å². The molecule has 1 aliphatic rings. The summed E-state index contributed by atoms with van der Waals surface area (Å²) in [5, 5.41) is 14.0. The first-order chi connectivity index (χ1) is 16.1. The Kier molecular flexibility index (Phi) is 6.20. The predicted octanol–water partition coefficient (Wildman–Crippen LogP) is 5.69. The zero-order chi connectivity index (χ0) is 24.4. The molecule has 0 saturated heterocycles. The summed E-state index contributed by atoms with van der Waals surface area (Å²) in [6.07, 6.45) is -4.36. The van der Waals surface area contributed by atoms with Crippen molar-refractivity contribution in [2.45, 2.75) is 36.5 Å². The quantitative estimate of drug-likeness (QED) is 0.374. The van der Waals surface area contributed by atoms with Crippen LogP contribution in [0.2, 0.25) is 0 Å². The Bertz CT molecular complexity index is 1240. The molecule has 1 amide bonds. The average Bonchev–Trinajstić information content (AvgIpc) is 3.58. The van der Waals surface area contributed by atoms with Crippen molar-refractivity contribution < 1.29 is 27.5 Å². The molecule has 0 heterocycles. The molecule has 0 radical (unpaired) electrons. The molecule has 34 heavy (non-hydrogen) atoms. The van der Waals surface area contributed by atoms with Crippen molar-refractivity contribution in [2.24, 2.45) is 0 Å². The largest absolute Gasteiger partial charge is 0.416 e. The van der Waals surface area contributed by atoms with Crippen LogP contribution in [0.25, 0.3) is 0 Å². The van der Waals surface area contributed by atoms with Gasteiger partial charge in [0.25, 0.3) is 5.91 Å². The highest BCUT2D eigenvalue weighted by Crippen LogP contribution is 2.54. The van der Waals surface area contributed by atoms with Crippen LogP contribution in [0.3, 0.4) is 0 Å². The molecule has 1 fully saturated rings. The molecule has 1 atom stereocenters. The lowest BCUT2D eigenvalue weighted by molar-refractivity contribution is -0.137. The number of alkyl halides is 3. The number of aliphatic hydroxyl groups is 1. The second kappa shape index (κ2) is 8.96. The molecular weight excluding hydrogens is 446 g/mol. The predicted molar refractivity (Wildman–Crippen MR) is 120 cm³/mol. The van der Waals surface area contributed by atoms with Gasteiger partial charge in [-0.15, -0.1) is 0 Å². The lowest BCUT2D eigenvalue weighted by Gasteiger charge is -2.28. The summed E-state index contributed by atoms with van der Waals surface area (Å²) in [7, 11) is 0. The standard InChI is InChI=1S/C27H21F4NO2/c28-23-12-11-20(27(29,30)31)17-22(23)25(15-16-25)18-26(34,14-13-19-7-3-1-4-8-19)24(33)32-21-9-5-2-6-10-21/h1-12,17,34H,15-16,18H2,(H,32,33). The number of anilines is 1. The maximum Gasteiger partial charge on any atom is 0.416 e. The third-order valence-corrected chi connectivity index (χ3v) is 5.91. The van der Waals surface area contributed by atoms with E-state index in [2.05, 4.69) is 17.2 Å². The first kappa shape index (κ1) is 23.5. The summed E-state index contributed by atoms with van der Waals surface area (Å²) in [5.74, 6) is 3.74. The van der Waals surface area contributed by atoms with Crippen LogP contribution >= 0.6 is 0 Å². The van der Waals surface area contributed by atoms with Gasteiger partial charge in [0.15, 0.2) is 0 Å². The number of benzene rings is 3. The molecule has 2 N–H and O–H groups in total. The van der Waals surface area contributed by atoms with Gasteiger partial charge in [-0.2, -0.15) is 13.2 Å². The molecule has 1 unspecified atom stereocenters. The van der Waals surface area contributed by atoms with Crippen LogP contribution in [0.1, 0.15) is 36.0 Å². The summed E-state index contributed by atoms with van der Waals surface area (Å²) in [6, 6.07) is 19.3. The molecule has 1 aliphatic carbocycles. The summed E-state index contributed by atoms with van der Waals surface area (Å²) in [5.41, 5.74) is -3.61. The first-order valence-corrected chi connectivity index (χ1v) is 10.7. The van der Waals surface area contributed by atoms with Gasteiger partial charge < -0.3 is 10.4 Å². The van der Waals surface area contributed by atoms with E-state index in [1.165, 1.54) is 0 Å². The van der Waals surface area contributed by atoms with Crippen molar-refractivity contribution in [1.82, 2.24) is 0 Å². The monoisotopic (exact) mass is 467 g/mol. The Morgan fingerprint density at radius 3 is 2.18 bits per heavy atom. The fourth-order valence-electron chi connectivity index (χ4n) is 3.92. The summed E-state index contributed by atoms with van der Waals surface area (Å²) in [4.78, 5) is 13.2. The molecule has 0 bridgehead atoms. The highest BCUT2D eigenvalue weighted by molar-refractivity contribution is 5.99. The van der Waals surface area contributed by atoms with E-state index >= 15 is 0 Å². The van der Waals surface area contributed by atoms with Gasteiger partial charge >= 0.3 is 6.18 Å². The number of para-hydroxylation sites is 1. The minimum Gasteiger partial charge on any atom is -0.369 e. The number of hydrogen-bond donors (Lipinski definition) is 2. The van der Waals surface area contributed by atoms with Crippen molar-refractivity contribution in [2.75, 3.05) is 5.32 Å². The molecular formula is C27H21F4NO2. The van der Waals surface area contributed by atoms with E-state index in [1.54, 1.807) is 60.7 Å².